The lowest BCUT2D eigenvalue weighted by Gasteiger charge is -2.36. The fourth-order valence-corrected chi connectivity index (χ4v) is 3.63. The summed E-state index contributed by atoms with van der Waals surface area (Å²) in [5.41, 5.74) is 1.26. The Morgan fingerprint density at radius 1 is 1.23 bits per heavy atom. The number of amides is 1. The molecule has 0 aliphatic carbocycles. The zero-order valence-corrected chi connectivity index (χ0v) is 16.1. The van der Waals surface area contributed by atoms with Crippen LogP contribution in [-0.2, 0) is 11.3 Å². The number of aromatic carboxylic acids is 1. The van der Waals surface area contributed by atoms with Crippen LogP contribution in [0, 0.1) is 0 Å². The van der Waals surface area contributed by atoms with Gasteiger partial charge >= 0.3 is 5.97 Å². The summed E-state index contributed by atoms with van der Waals surface area (Å²) in [6.07, 6.45) is 1.41. The molecule has 3 rings (SSSR count). The van der Waals surface area contributed by atoms with Crippen LogP contribution in [0.15, 0.2) is 41.0 Å². The van der Waals surface area contributed by atoms with Gasteiger partial charge in [0.1, 0.15) is 11.7 Å². The van der Waals surface area contributed by atoms with Crippen molar-refractivity contribution in [2.75, 3.05) is 26.2 Å². The number of halogens is 1. The molecule has 1 saturated heterocycles. The average molecular weight is 421 g/mol. The van der Waals surface area contributed by atoms with Crippen LogP contribution < -0.4 is 0 Å². The molecule has 138 valence electrons. The smallest absolute Gasteiger partial charge is 0.354 e. The Bertz CT molecular complexity index is 799. The Morgan fingerprint density at radius 3 is 2.62 bits per heavy atom. The molecule has 2 heterocycles. The summed E-state index contributed by atoms with van der Waals surface area (Å²) in [5, 5.41) is 13.2. The Labute approximate surface area is 160 Å². The molecule has 1 aliphatic heterocycles. The monoisotopic (exact) mass is 420 g/mol. The van der Waals surface area contributed by atoms with Crippen molar-refractivity contribution in [3.05, 3.63) is 52.3 Å². The number of hydrogen-bond acceptors (Lipinski definition) is 4. The number of aromatic nitrogens is 2. The van der Waals surface area contributed by atoms with E-state index in [2.05, 4.69) is 38.1 Å². The van der Waals surface area contributed by atoms with Gasteiger partial charge in [0.25, 0.3) is 0 Å². The molecular formula is C18H21BrN4O3. The van der Waals surface area contributed by atoms with Gasteiger partial charge in [-0.25, -0.2) is 9.48 Å². The van der Waals surface area contributed by atoms with Crippen molar-refractivity contribution >= 4 is 27.8 Å². The lowest BCUT2D eigenvalue weighted by molar-refractivity contribution is -0.136. The number of hydrogen-bond donors (Lipinski definition) is 1. The third kappa shape index (κ3) is 4.13. The summed E-state index contributed by atoms with van der Waals surface area (Å²) >= 11 is 3.48. The van der Waals surface area contributed by atoms with Crippen LogP contribution in [0.5, 0.6) is 0 Å². The van der Waals surface area contributed by atoms with E-state index in [0.717, 1.165) is 24.1 Å². The SMILES string of the molecule is CC(C(=O)N1CCN(Cc2cccc(Br)c2)CC1)n1nccc1C(=O)O. The molecule has 0 spiro atoms. The fourth-order valence-electron chi connectivity index (χ4n) is 3.18. The molecule has 1 amide bonds. The molecular weight excluding hydrogens is 400 g/mol. The van der Waals surface area contributed by atoms with E-state index in [0.29, 0.717) is 13.1 Å². The molecule has 1 aromatic carbocycles. The minimum absolute atomic E-state index is 0.0270. The first kappa shape index (κ1) is 18.6. The number of piperazine rings is 1. The van der Waals surface area contributed by atoms with Crippen molar-refractivity contribution < 1.29 is 14.7 Å². The Balaban J connectivity index is 1.58. The quantitative estimate of drug-likeness (QED) is 0.802. The van der Waals surface area contributed by atoms with E-state index in [1.807, 2.05) is 12.1 Å². The topological polar surface area (TPSA) is 78.7 Å². The van der Waals surface area contributed by atoms with Crippen molar-refractivity contribution in [2.45, 2.75) is 19.5 Å². The number of benzene rings is 1. The van der Waals surface area contributed by atoms with Gasteiger partial charge in [-0.05, 0) is 30.7 Å². The molecule has 1 atom stereocenters. The molecule has 1 fully saturated rings. The van der Waals surface area contributed by atoms with Gasteiger partial charge in [-0.2, -0.15) is 5.10 Å². The molecule has 0 radical (unpaired) electrons. The van der Waals surface area contributed by atoms with E-state index in [4.69, 9.17) is 0 Å². The zero-order valence-electron chi connectivity index (χ0n) is 14.5. The molecule has 1 N–H and O–H groups in total. The molecule has 1 aromatic heterocycles. The first-order chi connectivity index (χ1) is 12.5. The second-order valence-corrected chi connectivity index (χ2v) is 7.29. The number of carboxylic acid groups (broad SMARTS) is 1. The lowest BCUT2D eigenvalue weighted by Crippen LogP contribution is -2.50. The highest BCUT2D eigenvalue weighted by molar-refractivity contribution is 9.10. The first-order valence-electron chi connectivity index (χ1n) is 8.48. The van der Waals surface area contributed by atoms with Gasteiger partial charge in [-0.1, -0.05) is 28.1 Å². The predicted octanol–water partition coefficient (Wildman–Crippen LogP) is 2.25. The van der Waals surface area contributed by atoms with E-state index in [-0.39, 0.29) is 11.6 Å². The van der Waals surface area contributed by atoms with Gasteiger partial charge in [0.05, 0.1) is 0 Å². The third-order valence-electron chi connectivity index (χ3n) is 4.59. The van der Waals surface area contributed by atoms with E-state index in [9.17, 15) is 14.7 Å². The lowest BCUT2D eigenvalue weighted by atomic mass is 10.2. The fraction of sp³-hybridized carbons (Fsp3) is 0.389. The molecule has 1 aliphatic rings. The van der Waals surface area contributed by atoms with Gasteiger partial charge in [0.2, 0.25) is 5.91 Å². The van der Waals surface area contributed by atoms with Gasteiger partial charge in [0.15, 0.2) is 0 Å². The van der Waals surface area contributed by atoms with E-state index in [1.54, 1.807) is 11.8 Å². The predicted molar refractivity (Wildman–Crippen MR) is 99.9 cm³/mol. The molecule has 26 heavy (non-hydrogen) atoms. The van der Waals surface area contributed by atoms with Gasteiger partial charge < -0.3 is 10.0 Å². The molecule has 1 unspecified atom stereocenters. The molecule has 8 heteroatoms. The number of rotatable bonds is 5. The van der Waals surface area contributed by atoms with Crippen LogP contribution in [0.2, 0.25) is 0 Å². The van der Waals surface area contributed by atoms with Crippen molar-refractivity contribution in [2.24, 2.45) is 0 Å². The minimum Gasteiger partial charge on any atom is -0.477 e. The third-order valence-corrected chi connectivity index (χ3v) is 5.09. The largest absolute Gasteiger partial charge is 0.477 e. The number of carbonyl (C=O) groups is 2. The van der Waals surface area contributed by atoms with Gasteiger partial charge in [-0.3, -0.25) is 9.69 Å². The van der Waals surface area contributed by atoms with Crippen LogP contribution in [0.25, 0.3) is 0 Å². The van der Waals surface area contributed by atoms with Crippen LogP contribution in [0.1, 0.15) is 29.0 Å². The van der Waals surface area contributed by atoms with Crippen molar-refractivity contribution in [1.29, 1.82) is 0 Å². The molecule has 7 nitrogen and oxygen atoms in total. The van der Waals surface area contributed by atoms with Gasteiger partial charge in [-0.15, -0.1) is 0 Å². The maximum absolute atomic E-state index is 12.7. The minimum atomic E-state index is -1.08. The molecule has 0 bridgehead atoms. The summed E-state index contributed by atoms with van der Waals surface area (Å²) in [6.45, 7) is 5.36. The maximum atomic E-state index is 12.7. The highest BCUT2D eigenvalue weighted by atomic mass is 79.9. The number of nitrogens with zero attached hydrogens (tertiary/aromatic N) is 4. The molecule has 0 saturated carbocycles. The summed E-state index contributed by atoms with van der Waals surface area (Å²) < 4.78 is 2.34. The van der Waals surface area contributed by atoms with Crippen LogP contribution >= 0.6 is 15.9 Å². The summed E-state index contributed by atoms with van der Waals surface area (Å²) in [5.74, 6) is -1.18. The second kappa shape index (κ2) is 8.01. The van der Waals surface area contributed by atoms with E-state index < -0.39 is 12.0 Å². The van der Waals surface area contributed by atoms with Crippen molar-refractivity contribution in [3.63, 3.8) is 0 Å². The average Bonchev–Trinajstić information content (AvgIpc) is 3.11. The zero-order chi connectivity index (χ0) is 18.7. The van der Waals surface area contributed by atoms with Crippen molar-refractivity contribution in [3.8, 4) is 0 Å². The van der Waals surface area contributed by atoms with Crippen LogP contribution in [-0.4, -0.2) is 62.7 Å². The number of carbonyl (C=O) groups excluding carboxylic acids is 1. The first-order valence-corrected chi connectivity index (χ1v) is 9.27. The van der Waals surface area contributed by atoms with Crippen LogP contribution in [0.4, 0.5) is 0 Å². The van der Waals surface area contributed by atoms with Crippen molar-refractivity contribution in [1.82, 2.24) is 19.6 Å². The highest BCUT2D eigenvalue weighted by Gasteiger charge is 2.28. The maximum Gasteiger partial charge on any atom is 0.354 e. The Hall–Kier alpha value is -2.19. The Kier molecular flexibility index (Phi) is 5.73. The highest BCUT2D eigenvalue weighted by Crippen LogP contribution is 2.17. The standard InChI is InChI=1S/C18H21BrN4O3/c1-13(23-16(18(25)26)5-6-20-23)17(24)22-9-7-21(8-10-22)12-14-3-2-4-15(19)11-14/h2-6,11,13H,7-10,12H2,1H3,(H,25,26). The van der Waals surface area contributed by atoms with E-state index >= 15 is 0 Å². The summed E-state index contributed by atoms with van der Waals surface area (Å²) in [6, 6.07) is 8.99. The Morgan fingerprint density at radius 2 is 1.96 bits per heavy atom. The van der Waals surface area contributed by atoms with Crippen LogP contribution in [0.3, 0.4) is 0 Å². The second-order valence-electron chi connectivity index (χ2n) is 6.37. The molecule has 2 aromatic rings. The number of carboxylic acids is 1. The van der Waals surface area contributed by atoms with Gasteiger partial charge in [0, 0.05) is 43.4 Å². The normalized spacial score (nSPS) is 16.5. The summed E-state index contributed by atoms with van der Waals surface area (Å²) in [4.78, 5) is 28.1. The van der Waals surface area contributed by atoms with E-state index in [1.165, 1.54) is 22.5 Å². The summed E-state index contributed by atoms with van der Waals surface area (Å²) in [7, 11) is 0.